The Morgan fingerprint density at radius 1 is 0.694 bits per heavy atom. The van der Waals surface area contributed by atoms with Crippen LogP contribution in [-0.4, -0.2) is 28.8 Å². The van der Waals surface area contributed by atoms with Crippen molar-refractivity contribution < 1.29 is 14.4 Å². The molecule has 1 saturated heterocycles. The third-order valence-electron chi connectivity index (χ3n) is 7.78. The van der Waals surface area contributed by atoms with Crippen molar-refractivity contribution in [3.8, 4) is 0 Å². The Bertz CT molecular complexity index is 1510. The Morgan fingerprint density at radius 2 is 1.25 bits per heavy atom. The van der Waals surface area contributed by atoms with E-state index in [0.29, 0.717) is 16.7 Å². The summed E-state index contributed by atoms with van der Waals surface area (Å²) in [6, 6.07) is 33.1. The average molecular weight is 488 g/mol. The van der Waals surface area contributed by atoms with Gasteiger partial charge in [0.05, 0.1) is 5.69 Å². The van der Waals surface area contributed by atoms with Crippen LogP contribution in [0.2, 0.25) is 0 Å². The molecule has 0 amide bonds. The highest BCUT2D eigenvalue weighted by Crippen LogP contribution is 2.66. The van der Waals surface area contributed by atoms with Gasteiger partial charge >= 0.3 is 0 Å². The molecule has 4 aromatic rings. The minimum atomic E-state index is -1.41. The Kier molecular flexibility index (Phi) is 4.60. The maximum absolute atomic E-state index is 14.4. The van der Waals surface area contributed by atoms with Gasteiger partial charge in [-0.25, -0.2) is 0 Å². The van der Waals surface area contributed by atoms with Crippen LogP contribution >= 0.6 is 11.8 Å². The van der Waals surface area contributed by atoms with Crippen LogP contribution in [0.3, 0.4) is 0 Å². The average Bonchev–Trinajstić information content (AvgIpc) is 3.53. The number of nitrogens with zero attached hydrogens (tertiary/aromatic N) is 1. The summed E-state index contributed by atoms with van der Waals surface area (Å²) in [4.78, 5) is 46.3. The molecule has 0 unspecified atom stereocenters. The van der Waals surface area contributed by atoms with E-state index < -0.39 is 22.7 Å². The van der Waals surface area contributed by atoms with Gasteiger partial charge in [-0.2, -0.15) is 0 Å². The van der Waals surface area contributed by atoms with Crippen molar-refractivity contribution in [2.24, 2.45) is 5.41 Å². The van der Waals surface area contributed by atoms with Gasteiger partial charge < -0.3 is 4.90 Å². The van der Waals surface area contributed by atoms with Crippen LogP contribution in [0.4, 0.5) is 5.69 Å². The predicted octanol–water partition coefficient (Wildman–Crippen LogP) is 6.04. The smallest absolute Gasteiger partial charge is 0.185 e. The van der Waals surface area contributed by atoms with E-state index in [2.05, 4.69) is 4.90 Å². The first-order chi connectivity index (χ1) is 17.6. The molecule has 1 aliphatic carbocycles. The molecular weight excluding hydrogens is 466 g/mol. The van der Waals surface area contributed by atoms with E-state index in [4.69, 9.17) is 0 Å². The lowest BCUT2D eigenvalue weighted by Crippen LogP contribution is -2.45. The molecule has 7 rings (SSSR count). The topological polar surface area (TPSA) is 54.5 Å². The van der Waals surface area contributed by atoms with Crippen molar-refractivity contribution in [2.45, 2.75) is 22.2 Å². The summed E-state index contributed by atoms with van der Waals surface area (Å²) in [5.41, 5.74) is 1.79. The normalized spacial score (nSPS) is 23.0. The maximum Gasteiger partial charge on any atom is 0.185 e. The van der Waals surface area contributed by atoms with Gasteiger partial charge in [-0.3, -0.25) is 14.4 Å². The summed E-state index contributed by atoms with van der Waals surface area (Å²) >= 11 is 1.53. The van der Waals surface area contributed by atoms with E-state index >= 15 is 0 Å². The fourth-order valence-corrected chi connectivity index (χ4v) is 7.93. The SMILES string of the molecule is O=C(c1ccccc1)[C@@H]1[C@@H](c2ccccc2)C2(C(=O)c3ccccc3C2=O)[C@@H]2Sc3ccccc3N12. The van der Waals surface area contributed by atoms with E-state index in [1.165, 1.54) is 11.8 Å². The van der Waals surface area contributed by atoms with Gasteiger partial charge in [0, 0.05) is 27.5 Å². The number of hydrogen-bond acceptors (Lipinski definition) is 5. The molecule has 1 fully saturated rings. The molecule has 36 heavy (non-hydrogen) atoms. The Labute approximate surface area is 213 Å². The van der Waals surface area contributed by atoms with Crippen molar-refractivity contribution in [1.82, 2.24) is 0 Å². The molecule has 4 nitrogen and oxygen atoms in total. The summed E-state index contributed by atoms with van der Waals surface area (Å²) in [6.07, 6.45) is 0. The van der Waals surface area contributed by atoms with Crippen LogP contribution in [-0.2, 0) is 0 Å². The zero-order chi connectivity index (χ0) is 24.4. The number of ketones is 3. The van der Waals surface area contributed by atoms with E-state index in [1.807, 2.05) is 84.9 Å². The molecule has 4 aromatic carbocycles. The summed E-state index contributed by atoms with van der Waals surface area (Å²) in [5, 5.41) is -0.523. The van der Waals surface area contributed by atoms with E-state index in [9.17, 15) is 14.4 Å². The Hall–Kier alpha value is -3.96. The van der Waals surface area contributed by atoms with Crippen LogP contribution in [0.25, 0.3) is 0 Å². The zero-order valence-electron chi connectivity index (χ0n) is 19.2. The maximum atomic E-state index is 14.4. The minimum Gasteiger partial charge on any atom is -0.346 e. The second-order valence-corrected chi connectivity index (χ2v) is 10.6. The summed E-state index contributed by atoms with van der Waals surface area (Å²) in [6.45, 7) is 0. The van der Waals surface area contributed by atoms with Gasteiger partial charge in [0.25, 0.3) is 0 Å². The van der Waals surface area contributed by atoms with Gasteiger partial charge in [0.1, 0.15) is 16.8 Å². The largest absolute Gasteiger partial charge is 0.346 e. The number of para-hydroxylation sites is 1. The molecule has 0 aromatic heterocycles. The van der Waals surface area contributed by atoms with Crippen molar-refractivity contribution in [3.05, 3.63) is 131 Å². The van der Waals surface area contributed by atoms with Crippen molar-refractivity contribution >= 4 is 34.8 Å². The number of hydrogen-bond donors (Lipinski definition) is 0. The van der Waals surface area contributed by atoms with Crippen LogP contribution in [0.15, 0.2) is 114 Å². The second-order valence-electron chi connectivity index (χ2n) is 9.48. The fourth-order valence-electron chi connectivity index (χ4n) is 6.34. The van der Waals surface area contributed by atoms with Crippen LogP contribution < -0.4 is 4.90 Å². The first kappa shape index (κ1) is 21.3. The summed E-state index contributed by atoms with van der Waals surface area (Å²) in [7, 11) is 0. The molecular formula is C31H21NO3S. The molecule has 174 valence electrons. The lowest BCUT2D eigenvalue weighted by atomic mass is 9.67. The lowest BCUT2D eigenvalue weighted by Gasteiger charge is -2.32. The molecule has 2 heterocycles. The van der Waals surface area contributed by atoms with Gasteiger partial charge in [-0.05, 0) is 17.7 Å². The van der Waals surface area contributed by atoms with Gasteiger partial charge in [0.2, 0.25) is 0 Å². The van der Waals surface area contributed by atoms with Gasteiger partial charge in [-0.15, -0.1) is 0 Å². The van der Waals surface area contributed by atoms with Crippen LogP contribution in [0.5, 0.6) is 0 Å². The number of benzene rings is 4. The molecule has 3 aliphatic rings. The summed E-state index contributed by atoms with van der Waals surface area (Å²) in [5.74, 6) is -1.09. The van der Waals surface area contributed by atoms with Crippen molar-refractivity contribution in [2.75, 3.05) is 4.90 Å². The Morgan fingerprint density at radius 3 is 1.92 bits per heavy atom. The number of carbonyl (C=O) groups excluding carboxylic acids is 3. The standard InChI is InChI=1S/C31H21NO3S/c33-27(20-13-5-2-6-14-20)26-25(19-11-3-1-4-12-19)31(28(34)21-15-7-8-16-22(21)29(31)35)30-32(26)23-17-9-10-18-24(23)36-30/h1-18,25-26,30H/t25-,26+,30+/m1/s1. The van der Waals surface area contributed by atoms with Crippen molar-refractivity contribution in [3.63, 3.8) is 0 Å². The van der Waals surface area contributed by atoms with Gasteiger partial charge in [0.15, 0.2) is 17.3 Å². The van der Waals surface area contributed by atoms with Crippen molar-refractivity contribution in [1.29, 1.82) is 0 Å². The molecule has 2 aliphatic heterocycles. The number of rotatable bonds is 3. The van der Waals surface area contributed by atoms with Crippen LogP contribution in [0.1, 0.15) is 42.6 Å². The quantitative estimate of drug-likeness (QED) is 0.261. The molecule has 1 spiro atoms. The third-order valence-corrected chi connectivity index (χ3v) is 9.20. The molecule has 0 N–H and O–H groups in total. The minimum absolute atomic E-state index is 0.0832. The summed E-state index contributed by atoms with van der Waals surface area (Å²) < 4.78 is 0. The first-order valence-electron chi connectivity index (χ1n) is 12.0. The molecule has 5 heteroatoms. The third kappa shape index (κ3) is 2.64. The molecule has 3 atom stereocenters. The number of anilines is 1. The molecule has 0 radical (unpaired) electrons. The number of thioether (sulfide) groups is 1. The molecule has 0 saturated carbocycles. The number of Topliss-reactive ketones (excluding diaryl/α,β-unsaturated/α-hetero) is 3. The highest BCUT2D eigenvalue weighted by Gasteiger charge is 2.73. The van der Waals surface area contributed by atoms with E-state index in [-0.39, 0.29) is 17.3 Å². The zero-order valence-corrected chi connectivity index (χ0v) is 20.0. The Balaban J connectivity index is 1.54. The monoisotopic (exact) mass is 487 g/mol. The van der Waals surface area contributed by atoms with E-state index in [1.54, 1.807) is 24.3 Å². The van der Waals surface area contributed by atoms with Crippen LogP contribution in [0, 0.1) is 5.41 Å². The number of carbonyl (C=O) groups is 3. The van der Waals surface area contributed by atoms with E-state index in [0.717, 1.165) is 16.1 Å². The lowest BCUT2D eigenvalue weighted by molar-refractivity contribution is 0.0680. The fraction of sp³-hybridized carbons (Fsp3) is 0.129. The van der Waals surface area contributed by atoms with Gasteiger partial charge in [-0.1, -0.05) is 109 Å². The predicted molar refractivity (Wildman–Crippen MR) is 140 cm³/mol. The highest BCUT2D eigenvalue weighted by molar-refractivity contribution is 8.00. The highest BCUT2D eigenvalue weighted by atomic mass is 32.2. The number of fused-ring (bicyclic) bond motifs is 5. The molecule has 0 bridgehead atoms. The second kappa shape index (κ2) is 7.77. The first-order valence-corrected chi connectivity index (χ1v) is 12.9.